The van der Waals surface area contributed by atoms with Gasteiger partial charge in [0.15, 0.2) is 0 Å². The van der Waals surface area contributed by atoms with E-state index in [0.29, 0.717) is 50.3 Å². The maximum Gasteiger partial charge on any atom is 0.241 e. The summed E-state index contributed by atoms with van der Waals surface area (Å²) >= 11 is 0. The lowest BCUT2D eigenvalue weighted by Gasteiger charge is -2.63. The van der Waals surface area contributed by atoms with Crippen LogP contribution in [0.2, 0.25) is 0 Å². The van der Waals surface area contributed by atoms with Crippen molar-refractivity contribution in [2.45, 2.75) is 211 Å². The normalized spacial score (nSPS) is 37.6. The maximum atomic E-state index is 13.6. The minimum Gasteiger partial charge on any atom is -0.393 e. The third kappa shape index (κ3) is 12.6. The quantitative estimate of drug-likeness (QED) is 0.0403. The topological polar surface area (TPSA) is 247 Å². The Hall–Kier alpha value is -5.17. The Morgan fingerprint density at radius 3 is 1.60 bits per heavy atom. The lowest BCUT2D eigenvalue weighted by atomic mass is 9.43. The molecule has 0 aliphatic heterocycles. The number of rotatable bonds is 20. The van der Waals surface area contributed by atoms with Gasteiger partial charge in [-0.15, -0.1) is 0 Å². The summed E-state index contributed by atoms with van der Waals surface area (Å²) in [7, 11) is -0.0524. The van der Waals surface area contributed by atoms with Gasteiger partial charge in [0.25, 0.3) is 0 Å². The van der Waals surface area contributed by atoms with Gasteiger partial charge in [0.2, 0.25) is 33.7 Å². The molecule has 12 rings (SSSR count). The summed E-state index contributed by atoms with van der Waals surface area (Å²) in [5.74, 6) is 1.70. The van der Waals surface area contributed by atoms with E-state index in [0.717, 1.165) is 98.2 Å². The second kappa shape index (κ2) is 26.7. The highest BCUT2D eigenvalue weighted by Gasteiger charge is 2.68. The van der Waals surface area contributed by atoms with Crippen LogP contribution >= 0.6 is 0 Å². The number of carbonyl (C=O) groups is 4. The summed E-state index contributed by atoms with van der Waals surface area (Å²) in [6.45, 7) is 13.9. The number of aliphatic hydroxyl groups excluding tert-OH is 4. The highest BCUT2D eigenvalue weighted by molar-refractivity contribution is 7.89. The van der Waals surface area contributed by atoms with E-state index in [1.807, 2.05) is 67.5 Å². The molecule has 4 aromatic carbocycles. The molecule has 16 nitrogen and oxygen atoms in total. The molecule has 4 aromatic rings. The fraction of sp³-hybridized carbons (Fsp3) is 0.684. The number of aliphatic hydroxyl groups is 4. The second-order valence-corrected chi connectivity index (χ2v) is 33.9. The van der Waals surface area contributed by atoms with E-state index in [-0.39, 0.29) is 154 Å². The largest absolute Gasteiger partial charge is 0.393 e. The molecule has 17 heteroatoms. The molecule has 0 spiro atoms. The molecule has 4 amide bonds. The second-order valence-electron chi connectivity index (χ2n) is 32.1. The molecule has 8 fully saturated rings. The highest BCUT2D eigenvalue weighted by atomic mass is 32.2. The zero-order valence-electron chi connectivity index (χ0n) is 56.5. The molecule has 0 radical (unpaired) electrons. The molecular weight excluding hydrogens is 1190 g/mol. The average molecular weight is 1300 g/mol. The minimum atomic E-state index is -3.89. The van der Waals surface area contributed by atoms with Crippen molar-refractivity contribution in [1.29, 1.82) is 0 Å². The standard InChI is InChI=1S/C76H108N6O10S/c1-44(54-24-26-56-71-58(42-65(85)75(54,56)5)74(4)35-31-50(39-48(74)41-63(71)84)80-70(90)33-37-78-93(91,92)64-21-13-17-52-53(64)18-12-20-61(52)82(7)8)22-28-67(87)77-36-32-69(89)79-49-30-34-73(3)47(38-49)40-62(83)72-57-27-25-55(76(57,6)66(86)43-59(72)73)45(2)23-29-68(88)81-60-19-11-15-46-14-9-10-16-51(46)60/h9-21,44-45,47-50,54-59,62-63,65-66,71-72,78,83-86H,22-43H2,1-8H3,(H,77,87)(H,79,89)(H,80,90)(H,81,88)/t44-,45-,47+,48+,49-,50-,54-,55-,56+,57+,58+,59+,62-,63-,65+,66+,71+,72+,73+,74+,75-,76-/m1/s1. The zero-order chi connectivity index (χ0) is 66.1. The SMILES string of the molecule is C[C@H](CCC(=O)NCCC(=O)N[C@@H]1CC[C@@]2(C)[C@@H](C1)C[C@@H](O)[C@@H]1[C@@H]2C[C@H](O)[C@]2(C)[C@@H]([C@H](C)CCC(=O)Nc3cccc4ccccc34)CC[C@@H]12)[C@H]1CC[C@H]2[C@@H]3[C@H](O)C[C@@H]4C[C@H](NC(=O)CCNS(=O)(=O)c5cccc6c(N(C)C)cccc56)CC[C@]4(C)[C@H]3C[C@H](O)[C@]12C. The number of benzene rings is 4. The fourth-order valence-corrected chi connectivity index (χ4v) is 23.8. The fourth-order valence-electron chi connectivity index (χ4n) is 22.5. The predicted molar refractivity (Wildman–Crippen MR) is 365 cm³/mol. The molecule has 0 aromatic heterocycles. The van der Waals surface area contributed by atoms with Crippen molar-refractivity contribution >= 4 is 66.6 Å². The van der Waals surface area contributed by atoms with E-state index >= 15 is 0 Å². The van der Waals surface area contributed by atoms with Crippen molar-refractivity contribution in [2.75, 3.05) is 37.4 Å². The Bertz CT molecular complexity index is 3530. The molecule has 8 aliphatic rings. The van der Waals surface area contributed by atoms with Crippen LogP contribution in [0, 0.1) is 92.7 Å². The van der Waals surface area contributed by atoms with Crippen LogP contribution in [-0.2, 0) is 29.2 Å². The molecule has 0 saturated heterocycles. The molecule has 8 aliphatic carbocycles. The van der Waals surface area contributed by atoms with E-state index in [4.69, 9.17) is 0 Å². The molecular formula is C76H108N6O10S. The summed E-state index contributed by atoms with van der Waals surface area (Å²) in [5, 5.41) is 65.3. The Labute approximate surface area is 552 Å². The van der Waals surface area contributed by atoms with Gasteiger partial charge in [-0.05, 0) is 219 Å². The van der Waals surface area contributed by atoms with Gasteiger partial charge in [-0.2, -0.15) is 0 Å². The van der Waals surface area contributed by atoms with Crippen LogP contribution in [0.4, 0.5) is 11.4 Å². The third-order valence-corrected chi connectivity index (χ3v) is 29.0. The summed E-state index contributed by atoms with van der Waals surface area (Å²) in [5.41, 5.74) is 0.838. The molecule has 0 bridgehead atoms. The molecule has 508 valence electrons. The van der Waals surface area contributed by atoms with E-state index in [9.17, 15) is 48.0 Å². The molecule has 0 heterocycles. The molecule has 9 N–H and O–H groups in total. The number of amides is 4. The number of carbonyl (C=O) groups excluding carboxylic acids is 4. The van der Waals surface area contributed by atoms with Crippen molar-refractivity contribution < 1.29 is 48.0 Å². The number of hydrogen-bond donors (Lipinski definition) is 9. The predicted octanol–water partition coefficient (Wildman–Crippen LogP) is 10.9. The van der Waals surface area contributed by atoms with Crippen molar-refractivity contribution in [3.05, 3.63) is 78.9 Å². The van der Waals surface area contributed by atoms with Gasteiger partial charge in [-0.25, -0.2) is 13.1 Å². The Balaban J connectivity index is 0.566. The zero-order valence-corrected chi connectivity index (χ0v) is 57.4. The lowest BCUT2D eigenvalue weighted by Crippen LogP contribution is -2.63. The van der Waals surface area contributed by atoms with Gasteiger partial charge in [0.1, 0.15) is 0 Å². The van der Waals surface area contributed by atoms with Crippen LogP contribution in [-0.4, -0.2) is 116 Å². The summed E-state index contributed by atoms with van der Waals surface area (Å²) < 4.78 is 29.8. The summed E-state index contributed by atoms with van der Waals surface area (Å²) in [4.78, 5) is 55.9. The number of hydrogen-bond acceptors (Lipinski definition) is 11. The van der Waals surface area contributed by atoms with Crippen LogP contribution in [0.25, 0.3) is 21.5 Å². The lowest BCUT2D eigenvalue weighted by molar-refractivity contribution is -0.202. The number of fused-ring (bicyclic) bond motifs is 12. The van der Waals surface area contributed by atoms with E-state index < -0.39 is 39.9 Å². The smallest absolute Gasteiger partial charge is 0.241 e. The minimum absolute atomic E-state index is 0.00332. The molecule has 93 heavy (non-hydrogen) atoms. The molecule has 8 saturated carbocycles. The van der Waals surface area contributed by atoms with Crippen molar-refractivity contribution in [2.24, 2.45) is 92.7 Å². The van der Waals surface area contributed by atoms with Crippen molar-refractivity contribution in [3.8, 4) is 0 Å². The number of sulfonamides is 1. The van der Waals surface area contributed by atoms with Gasteiger partial charge in [0, 0.05) is 92.5 Å². The van der Waals surface area contributed by atoms with Gasteiger partial charge in [-0.3, -0.25) is 19.2 Å². The van der Waals surface area contributed by atoms with Crippen LogP contribution in [0.15, 0.2) is 83.8 Å². The maximum absolute atomic E-state index is 13.6. The Kier molecular flexibility index (Phi) is 19.5. The highest BCUT2D eigenvalue weighted by Crippen LogP contribution is 2.70. The van der Waals surface area contributed by atoms with Gasteiger partial charge >= 0.3 is 0 Å². The first-order valence-electron chi connectivity index (χ1n) is 35.8. The number of nitrogens with zero attached hydrogens (tertiary/aromatic N) is 1. The first-order valence-corrected chi connectivity index (χ1v) is 37.3. The third-order valence-electron chi connectivity index (χ3n) is 27.5. The van der Waals surface area contributed by atoms with Gasteiger partial charge in [-0.1, -0.05) is 102 Å². The summed E-state index contributed by atoms with van der Waals surface area (Å²) in [6.07, 6.45) is 11.6. The van der Waals surface area contributed by atoms with Crippen LogP contribution in [0.3, 0.4) is 0 Å². The Morgan fingerprint density at radius 2 is 1.03 bits per heavy atom. The van der Waals surface area contributed by atoms with Gasteiger partial charge in [0.05, 0.1) is 29.3 Å². The van der Waals surface area contributed by atoms with E-state index in [1.165, 1.54) is 0 Å². The van der Waals surface area contributed by atoms with E-state index in [1.54, 1.807) is 18.2 Å². The van der Waals surface area contributed by atoms with Crippen molar-refractivity contribution in [1.82, 2.24) is 20.7 Å². The average Bonchev–Trinajstić information content (AvgIpc) is 1.69. The Morgan fingerprint density at radius 1 is 0.538 bits per heavy atom. The first kappa shape index (κ1) is 67.8. The number of nitrogens with one attached hydrogen (secondary N) is 5. The van der Waals surface area contributed by atoms with Crippen LogP contribution < -0.4 is 30.9 Å². The number of anilines is 2. The monoisotopic (exact) mass is 1300 g/mol. The van der Waals surface area contributed by atoms with Gasteiger partial charge < -0.3 is 46.6 Å². The van der Waals surface area contributed by atoms with Crippen molar-refractivity contribution in [3.63, 3.8) is 0 Å². The molecule has 0 unspecified atom stereocenters. The van der Waals surface area contributed by atoms with Crippen LogP contribution in [0.1, 0.15) is 170 Å². The summed E-state index contributed by atoms with van der Waals surface area (Å²) in [6, 6.07) is 24.8. The molecule has 22 atom stereocenters. The van der Waals surface area contributed by atoms with E-state index in [2.05, 4.69) is 79.7 Å². The van der Waals surface area contributed by atoms with Crippen LogP contribution in [0.5, 0.6) is 0 Å². The first-order chi connectivity index (χ1) is 44.3.